The molecule has 1 heterocycles. The van der Waals surface area contributed by atoms with Gasteiger partial charge in [-0.15, -0.1) is 0 Å². The Bertz CT molecular complexity index is 320. The number of hydrogen-bond donors (Lipinski definition) is 0. The first kappa shape index (κ1) is 10.9. The van der Waals surface area contributed by atoms with E-state index in [0.29, 0.717) is 6.42 Å². The average Bonchev–Trinajstić information content (AvgIpc) is 2.11. The molecule has 82 valence electrons. The second-order valence-electron chi connectivity index (χ2n) is 3.71. The maximum atomic E-state index is 12.4. The van der Waals surface area contributed by atoms with Gasteiger partial charge in [0.1, 0.15) is 0 Å². The summed E-state index contributed by atoms with van der Waals surface area (Å²) in [7, 11) is 0. The van der Waals surface area contributed by atoms with Crippen LogP contribution in [0.1, 0.15) is 5.56 Å². The van der Waals surface area contributed by atoms with Crippen LogP contribution in [0, 0.1) is 5.92 Å². The molecule has 1 aliphatic rings. The Hall–Kier alpha value is -0.640. The highest BCUT2D eigenvalue weighted by Crippen LogP contribution is 2.46. The van der Waals surface area contributed by atoms with Crippen LogP contribution < -0.4 is 0 Å². The van der Waals surface area contributed by atoms with Crippen LogP contribution in [-0.2, 0) is 6.42 Å². The maximum Gasteiger partial charge on any atom is 0.393 e. The van der Waals surface area contributed by atoms with Crippen molar-refractivity contribution >= 4 is 11.8 Å². The van der Waals surface area contributed by atoms with Crippen LogP contribution >= 0.6 is 11.8 Å². The van der Waals surface area contributed by atoms with Crippen LogP contribution in [0.25, 0.3) is 0 Å². The van der Waals surface area contributed by atoms with E-state index in [1.165, 1.54) is 11.8 Å². The van der Waals surface area contributed by atoms with Gasteiger partial charge in [0.25, 0.3) is 0 Å². The van der Waals surface area contributed by atoms with E-state index in [0.717, 1.165) is 5.56 Å². The molecule has 1 aromatic carbocycles. The van der Waals surface area contributed by atoms with Gasteiger partial charge in [-0.1, -0.05) is 30.3 Å². The zero-order chi connectivity index (χ0) is 10.9. The fraction of sp³-hybridized carbons (Fsp3) is 0.455. The third-order valence-corrected chi connectivity index (χ3v) is 4.11. The number of thioether (sulfide) groups is 1. The van der Waals surface area contributed by atoms with Crippen molar-refractivity contribution in [2.24, 2.45) is 5.92 Å². The van der Waals surface area contributed by atoms with Crippen molar-refractivity contribution in [3.63, 3.8) is 0 Å². The Kier molecular flexibility index (Phi) is 2.96. The van der Waals surface area contributed by atoms with Gasteiger partial charge >= 0.3 is 6.18 Å². The highest BCUT2D eigenvalue weighted by molar-refractivity contribution is 8.01. The molecule has 15 heavy (non-hydrogen) atoms. The summed E-state index contributed by atoms with van der Waals surface area (Å²) in [6.07, 6.45) is -3.50. The van der Waals surface area contributed by atoms with Crippen molar-refractivity contribution in [2.45, 2.75) is 17.8 Å². The molecule has 1 aromatic rings. The summed E-state index contributed by atoms with van der Waals surface area (Å²) in [5, 5.41) is -0.285. The fourth-order valence-corrected chi connectivity index (χ4v) is 2.99. The zero-order valence-electron chi connectivity index (χ0n) is 8.00. The molecule has 2 rings (SSSR count). The molecule has 1 fully saturated rings. The van der Waals surface area contributed by atoms with Gasteiger partial charge in [0.2, 0.25) is 0 Å². The Morgan fingerprint density at radius 3 is 2.33 bits per heavy atom. The van der Waals surface area contributed by atoms with Crippen molar-refractivity contribution in [1.29, 1.82) is 0 Å². The summed E-state index contributed by atoms with van der Waals surface area (Å²) in [5.41, 5.74) is 0.990. The van der Waals surface area contributed by atoms with Crippen LogP contribution in [0.3, 0.4) is 0 Å². The molecule has 0 N–H and O–H groups in total. The number of hydrogen-bond acceptors (Lipinski definition) is 1. The number of benzene rings is 1. The number of rotatable bonds is 2. The lowest BCUT2D eigenvalue weighted by molar-refractivity contribution is -0.171. The molecular weight excluding hydrogens is 221 g/mol. The van der Waals surface area contributed by atoms with Gasteiger partial charge in [-0.3, -0.25) is 0 Å². The molecule has 0 bridgehead atoms. The predicted octanol–water partition coefficient (Wildman–Crippen LogP) is 3.52. The highest BCUT2D eigenvalue weighted by Gasteiger charge is 2.50. The first-order chi connectivity index (χ1) is 7.07. The Morgan fingerprint density at radius 2 is 1.87 bits per heavy atom. The molecule has 0 radical (unpaired) electrons. The lowest BCUT2D eigenvalue weighted by Crippen LogP contribution is -2.43. The molecule has 0 saturated carbocycles. The van der Waals surface area contributed by atoms with Gasteiger partial charge in [-0.25, -0.2) is 0 Å². The summed E-state index contributed by atoms with van der Waals surface area (Å²) < 4.78 is 37.3. The molecule has 0 nitrogen and oxygen atoms in total. The van der Waals surface area contributed by atoms with E-state index in [9.17, 15) is 13.2 Å². The van der Waals surface area contributed by atoms with Gasteiger partial charge in [0.15, 0.2) is 0 Å². The van der Waals surface area contributed by atoms with Crippen molar-refractivity contribution in [3.8, 4) is 0 Å². The maximum absolute atomic E-state index is 12.4. The molecule has 1 aliphatic heterocycles. The Morgan fingerprint density at radius 1 is 1.20 bits per heavy atom. The summed E-state index contributed by atoms with van der Waals surface area (Å²) in [6, 6.07) is 9.36. The summed E-state index contributed by atoms with van der Waals surface area (Å²) in [6.45, 7) is 0. The van der Waals surface area contributed by atoms with E-state index in [-0.39, 0.29) is 11.0 Å². The quantitative estimate of drug-likeness (QED) is 0.751. The molecular formula is C11H11F3S. The summed E-state index contributed by atoms with van der Waals surface area (Å²) in [5.74, 6) is -0.885. The molecule has 1 saturated heterocycles. The average molecular weight is 232 g/mol. The third kappa shape index (κ3) is 2.48. The van der Waals surface area contributed by atoms with E-state index < -0.39 is 12.1 Å². The number of alkyl halides is 3. The zero-order valence-corrected chi connectivity index (χ0v) is 8.81. The number of halogens is 3. The van der Waals surface area contributed by atoms with Crippen molar-refractivity contribution < 1.29 is 13.2 Å². The lowest BCUT2D eigenvalue weighted by atomic mass is 9.99. The van der Waals surface area contributed by atoms with Gasteiger partial charge in [0.05, 0.1) is 5.92 Å². The second kappa shape index (κ2) is 4.08. The van der Waals surface area contributed by atoms with Crippen molar-refractivity contribution in [1.82, 2.24) is 0 Å². The largest absolute Gasteiger partial charge is 0.393 e. The second-order valence-corrected chi connectivity index (χ2v) is 4.98. The van der Waals surface area contributed by atoms with Crippen molar-refractivity contribution in [2.75, 3.05) is 5.75 Å². The van der Waals surface area contributed by atoms with E-state index in [2.05, 4.69) is 0 Å². The molecule has 0 aromatic heterocycles. The summed E-state index contributed by atoms with van der Waals surface area (Å²) >= 11 is 1.42. The topological polar surface area (TPSA) is 0 Å². The SMILES string of the molecule is FC(F)(F)C1CSC1Cc1ccccc1. The minimum atomic E-state index is -4.02. The summed E-state index contributed by atoms with van der Waals surface area (Å²) in [4.78, 5) is 0. The monoisotopic (exact) mass is 232 g/mol. The van der Waals surface area contributed by atoms with Crippen LogP contribution in [0.4, 0.5) is 13.2 Å². The third-order valence-electron chi connectivity index (χ3n) is 2.64. The van der Waals surface area contributed by atoms with Gasteiger partial charge in [-0.05, 0) is 12.0 Å². The van der Waals surface area contributed by atoms with Crippen LogP contribution in [0.5, 0.6) is 0 Å². The van der Waals surface area contributed by atoms with E-state index >= 15 is 0 Å². The van der Waals surface area contributed by atoms with Crippen molar-refractivity contribution in [3.05, 3.63) is 35.9 Å². The first-order valence-electron chi connectivity index (χ1n) is 4.79. The Balaban J connectivity index is 1.97. The van der Waals surface area contributed by atoms with Gasteiger partial charge in [0, 0.05) is 11.0 Å². The standard InChI is InChI=1S/C11H11F3S/c12-11(13,14)9-7-15-10(9)6-8-4-2-1-3-5-8/h1-5,9-10H,6-7H2. The minimum absolute atomic E-state index is 0.223. The molecule has 0 amide bonds. The molecule has 0 aliphatic carbocycles. The molecule has 2 atom stereocenters. The normalized spacial score (nSPS) is 26.1. The Labute approximate surface area is 90.9 Å². The minimum Gasteiger partial charge on any atom is -0.171 e. The van der Waals surface area contributed by atoms with Crippen LogP contribution in [0.2, 0.25) is 0 Å². The van der Waals surface area contributed by atoms with Gasteiger partial charge < -0.3 is 0 Å². The highest BCUT2D eigenvalue weighted by atomic mass is 32.2. The van der Waals surface area contributed by atoms with Crippen LogP contribution in [0.15, 0.2) is 30.3 Å². The molecule has 0 spiro atoms. The molecule has 4 heteroatoms. The van der Waals surface area contributed by atoms with Gasteiger partial charge in [-0.2, -0.15) is 24.9 Å². The van der Waals surface area contributed by atoms with E-state index in [1.54, 1.807) is 0 Å². The molecule has 2 unspecified atom stereocenters. The smallest absolute Gasteiger partial charge is 0.171 e. The fourth-order valence-electron chi connectivity index (χ4n) is 1.68. The van der Waals surface area contributed by atoms with E-state index in [1.807, 2.05) is 30.3 Å². The first-order valence-corrected chi connectivity index (χ1v) is 5.84. The van der Waals surface area contributed by atoms with Crippen LogP contribution in [-0.4, -0.2) is 17.2 Å². The van der Waals surface area contributed by atoms with E-state index in [4.69, 9.17) is 0 Å². The predicted molar refractivity (Wildman–Crippen MR) is 55.9 cm³/mol. The lowest BCUT2D eigenvalue weighted by Gasteiger charge is -2.37.